The molecule has 0 saturated heterocycles. The summed E-state index contributed by atoms with van der Waals surface area (Å²) < 4.78 is 65.2. The zero-order valence-corrected chi connectivity index (χ0v) is 15.3. The number of nitrogens with two attached hydrogens (primary N) is 1. The molecule has 3 atom stereocenters. The lowest BCUT2D eigenvalue weighted by molar-refractivity contribution is 0.179. The second-order valence-electron chi connectivity index (χ2n) is 5.49. The number of alkyl halides is 2. The molecular weight excluding hydrogens is 389 g/mol. The molecule has 4 nitrogen and oxygen atoms in total. The van der Waals surface area contributed by atoms with Crippen molar-refractivity contribution < 1.29 is 21.8 Å². The average molecular weight is 405 g/mol. The Kier molecular flexibility index (Phi) is 6.49. The van der Waals surface area contributed by atoms with Gasteiger partial charge in [0.2, 0.25) is 0 Å². The zero-order valence-electron chi connectivity index (χ0n) is 13.3. The molecule has 0 heterocycles. The Morgan fingerprint density at radius 2 is 1.85 bits per heavy atom. The number of anilines is 1. The molecule has 3 unspecified atom stereocenters. The van der Waals surface area contributed by atoms with E-state index in [0.29, 0.717) is 16.6 Å². The molecule has 0 amide bonds. The summed E-state index contributed by atoms with van der Waals surface area (Å²) in [6, 6.07) is 7.68. The molecule has 0 fully saturated rings. The zero-order chi connectivity index (χ0) is 19.5. The molecule has 0 aliphatic carbocycles. The normalized spacial score (nSPS) is 13.9. The molecule has 10 heteroatoms. The third kappa shape index (κ3) is 5.33. The third-order valence-electron chi connectivity index (χ3n) is 3.58. The summed E-state index contributed by atoms with van der Waals surface area (Å²) in [5.74, 6) is -1.71. The first-order valence-electron chi connectivity index (χ1n) is 7.30. The number of halogens is 4. The highest BCUT2D eigenvalue weighted by Crippen LogP contribution is 2.32. The minimum atomic E-state index is -3.45. The lowest BCUT2D eigenvalue weighted by Crippen LogP contribution is -2.25. The van der Waals surface area contributed by atoms with Crippen LogP contribution >= 0.6 is 9.24 Å². The van der Waals surface area contributed by atoms with E-state index in [4.69, 9.17) is 10.5 Å². The van der Waals surface area contributed by atoms with Gasteiger partial charge in [0.25, 0.3) is 5.66 Å². The molecule has 4 N–H and O–H groups in total. The molecule has 0 bridgehead atoms. The average Bonchev–Trinajstić information content (AvgIpc) is 2.54. The van der Waals surface area contributed by atoms with Gasteiger partial charge < -0.3 is 10.7 Å². The minimum absolute atomic E-state index is 0.0584. The summed E-state index contributed by atoms with van der Waals surface area (Å²) in [7, 11) is -0.422. The van der Waals surface area contributed by atoms with Gasteiger partial charge >= 0.3 is 0 Å². The number of benzene rings is 2. The molecule has 26 heavy (non-hydrogen) atoms. The van der Waals surface area contributed by atoms with E-state index in [9.17, 15) is 21.8 Å². The van der Waals surface area contributed by atoms with Crippen molar-refractivity contribution in [2.75, 3.05) is 5.32 Å². The van der Waals surface area contributed by atoms with Crippen LogP contribution in [-0.4, -0.2) is 15.6 Å². The first-order chi connectivity index (χ1) is 12.1. The lowest BCUT2D eigenvalue weighted by atomic mass is 9.99. The van der Waals surface area contributed by atoms with Gasteiger partial charge in [-0.25, -0.2) is 18.1 Å². The largest absolute Gasteiger partial charge is 0.378 e. The van der Waals surface area contributed by atoms with Crippen LogP contribution in [0.1, 0.15) is 18.0 Å². The van der Waals surface area contributed by atoms with E-state index in [1.54, 1.807) is 0 Å². The smallest absolute Gasteiger partial charge is 0.295 e. The van der Waals surface area contributed by atoms with Gasteiger partial charge in [-0.15, -0.1) is 0 Å². The van der Waals surface area contributed by atoms with E-state index in [-0.39, 0.29) is 5.56 Å². The van der Waals surface area contributed by atoms with Gasteiger partial charge in [0.05, 0.1) is 16.6 Å². The molecule has 2 aromatic carbocycles. The molecule has 0 radical (unpaired) electrons. The highest BCUT2D eigenvalue weighted by molar-refractivity contribution is 7.82. The van der Waals surface area contributed by atoms with Gasteiger partial charge in [0.15, 0.2) is 0 Å². The molecule has 0 aliphatic heterocycles. The van der Waals surface area contributed by atoms with Crippen molar-refractivity contribution in [2.24, 2.45) is 5.14 Å². The second-order valence-corrected chi connectivity index (χ2v) is 7.28. The quantitative estimate of drug-likeness (QED) is 0.370. The van der Waals surface area contributed by atoms with Crippen LogP contribution in [0.3, 0.4) is 0 Å². The second kappa shape index (κ2) is 8.24. The first-order valence-corrected chi connectivity index (χ1v) is 9.09. The summed E-state index contributed by atoms with van der Waals surface area (Å²) in [4.78, 5) is 0.351. The van der Waals surface area contributed by atoms with E-state index >= 15 is 0 Å². The molecule has 0 aliphatic rings. The Balaban J connectivity index is 2.33. The predicted molar refractivity (Wildman–Crippen MR) is 96.8 cm³/mol. The number of hydrogen-bond acceptors (Lipinski definition) is 3. The van der Waals surface area contributed by atoms with Crippen molar-refractivity contribution in [2.45, 2.75) is 23.0 Å². The minimum Gasteiger partial charge on any atom is -0.378 e. The van der Waals surface area contributed by atoms with Crippen LogP contribution in [0.15, 0.2) is 47.4 Å². The molecule has 140 valence electrons. The molecule has 0 spiro atoms. The van der Waals surface area contributed by atoms with Gasteiger partial charge in [0.1, 0.15) is 22.6 Å². The maximum absolute atomic E-state index is 14.1. The first kappa shape index (κ1) is 20.5. The van der Waals surface area contributed by atoms with Crippen LogP contribution in [0, 0.1) is 17.0 Å². The topological polar surface area (TPSA) is 79.0 Å². The van der Waals surface area contributed by atoms with Crippen LogP contribution in [0.4, 0.5) is 23.2 Å². The standard InChI is InChI=1S/C16H16F4N3OPS/c17-9-1-6-12(13(18)7-9)14(8-15(21)16(19,20)25)23-10-2-4-11(5-3-10)26(22)24/h1-7,14,21,23H,8,22,25H2. The van der Waals surface area contributed by atoms with E-state index in [0.717, 1.165) is 12.1 Å². The maximum Gasteiger partial charge on any atom is 0.295 e. The van der Waals surface area contributed by atoms with Crippen LogP contribution in [0.5, 0.6) is 0 Å². The Morgan fingerprint density at radius 3 is 2.35 bits per heavy atom. The molecule has 2 rings (SSSR count). The number of hydrogen-bond donors (Lipinski definition) is 3. The van der Waals surface area contributed by atoms with Crippen LogP contribution < -0.4 is 10.5 Å². The number of nitrogens with one attached hydrogen (secondary N) is 2. The molecular formula is C16H16F4N3OPS. The highest BCUT2D eigenvalue weighted by atomic mass is 32.2. The SMILES string of the molecule is N=C(CC(Nc1ccc(S(N)=O)cc1)c1ccc(F)cc1F)C(F)(F)P. The van der Waals surface area contributed by atoms with Crippen molar-refractivity contribution in [3.63, 3.8) is 0 Å². The summed E-state index contributed by atoms with van der Waals surface area (Å²) in [5.41, 5.74) is -4.02. The Labute approximate surface area is 152 Å². The Hall–Kier alpha value is -1.83. The van der Waals surface area contributed by atoms with E-state index in [2.05, 4.69) is 5.32 Å². The fourth-order valence-corrected chi connectivity index (χ4v) is 2.77. The van der Waals surface area contributed by atoms with Gasteiger partial charge in [-0.2, -0.15) is 8.78 Å². The van der Waals surface area contributed by atoms with Crippen molar-refractivity contribution >= 4 is 31.6 Å². The van der Waals surface area contributed by atoms with Crippen molar-refractivity contribution in [1.82, 2.24) is 0 Å². The molecule has 0 aromatic heterocycles. The van der Waals surface area contributed by atoms with Crippen molar-refractivity contribution in [3.8, 4) is 0 Å². The highest BCUT2D eigenvalue weighted by Gasteiger charge is 2.31. The predicted octanol–water partition coefficient (Wildman–Crippen LogP) is 3.98. The summed E-state index contributed by atoms with van der Waals surface area (Å²) in [6.45, 7) is 0. The van der Waals surface area contributed by atoms with Crippen molar-refractivity contribution in [3.05, 3.63) is 59.7 Å². The van der Waals surface area contributed by atoms with E-state index in [1.807, 2.05) is 0 Å². The van der Waals surface area contributed by atoms with Gasteiger partial charge in [-0.05, 0) is 30.3 Å². The van der Waals surface area contributed by atoms with E-state index < -0.39 is 46.5 Å². The maximum atomic E-state index is 14.1. The monoisotopic (exact) mass is 405 g/mol. The number of rotatable bonds is 7. The summed E-state index contributed by atoms with van der Waals surface area (Å²) in [6.07, 6.45) is -0.510. The Bertz CT molecular complexity index is 827. The fraction of sp³-hybridized carbons (Fsp3) is 0.188. The Morgan fingerprint density at radius 1 is 1.23 bits per heavy atom. The van der Waals surface area contributed by atoms with Crippen LogP contribution in [0.25, 0.3) is 0 Å². The van der Waals surface area contributed by atoms with Gasteiger partial charge in [-0.1, -0.05) is 15.3 Å². The molecule has 0 saturated carbocycles. The van der Waals surface area contributed by atoms with Crippen molar-refractivity contribution in [1.29, 1.82) is 5.41 Å². The van der Waals surface area contributed by atoms with Crippen LogP contribution in [0.2, 0.25) is 0 Å². The van der Waals surface area contributed by atoms with Gasteiger partial charge in [0, 0.05) is 23.7 Å². The van der Waals surface area contributed by atoms with Crippen LogP contribution in [-0.2, 0) is 11.0 Å². The third-order valence-corrected chi connectivity index (χ3v) is 4.66. The van der Waals surface area contributed by atoms with Gasteiger partial charge in [-0.3, -0.25) is 0 Å². The van der Waals surface area contributed by atoms with E-state index in [1.165, 1.54) is 33.5 Å². The lowest BCUT2D eigenvalue weighted by Gasteiger charge is -2.23. The molecule has 2 aromatic rings. The fourth-order valence-electron chi connectivity index (χ4n) is 2.25. The summed E-state index contributed by atoms with van der Waals surface area (Å²) in [5, 5.41) is 15.6. The summed E-state index contributed by atoms with van der Waals surface area (Å²) >= 11 is 0.